The van der Waals surface area contributed by atoms with E-state index in [4.69, 9.17) is 36.9 Å². The van der Waals surface area contributed by atoms with Crippen LogP contribution in [0.15, 0.2) is 63.3 Å². The lowest BCUT2D eigenvalue weighted by molar-refractivity contribution is -0.210. The zero-order chi connectivity index (χ0) is 70.1. The van der Waals surface area contributed by atoms with E-state index < -0.39 is 93.0 Å². The van der Waals surface area contributed by atoms with Crippen LogP contribution in [-0.2, 0) is 28.4 Å². The summed E-state index contributed by atoms with van der Waals surface area (Å²) in [5.41, 5.74) is 15.1. The zero-order valence-electron chi connectivity index (χ0n) is 55.9. The molecule has 96 heavy (non-hydrogen) atoms. The first kappa shape index (κ1) is 66.6. The number of aryl methyl sites for hydroxylation is 4. The molecule has 21 unspecified atom stereocenters. The van der Waals surface area contributed by atoms with Gasteiger partial charge in [-0.25, -0.2) is 74.8 Å². The minimum Gasteiger partial charge on any atom is -0.390 e. The second-order valence-corrected chi connectivity index (χ2v) is 24.6. The molecule has 0 saturated carbocycles. The van der Waals surface area contributed by atoms with E-state index >= 15 is 0 Å². The molecule has 10 aromatic rings. The third-order valence-corrected chi connectivity index (χ3v) is 18.4. The number of anilines is 1. The largest absolute Gasteiger partial charge is 0.390 e. The minimum absolute atomic E-state index is 0.0190. The number of imidazole rings is 5. The Balaban J connectivity index is 0.000000124. The summed E-state index contributed by atoms with van der Waals surface area (Å²) in [4.78, 5) is 62.4. The van der Waals surface area contributed by atoms with E-state index in [9.17, 15) is 46.0 Å². The Morgan fingerprint density at radius 1 is 0.385 bits per heavy atom. The van der Waals surface area contributed by atoms with Gasteiger partial charge in [-0.3, -0.25) is 22.8 Å². The monoisotopic (exact) mass is 1340 g/mol. The standard InChI is InChI=1S/C14H20N4O.C13H18N4O3.C12H16N4O3.C11H14N4O4.C10H13N5O4/c1-8-5-19-14(10(3)9(8)2)18-7-17-12-11(4)15-6-16-13(12)18;1-7-9(19-3)4-20-13(11(7)18)17-6-16-10-8(2)14-5-15-12(10)17;1-6-10(18)8(17)3-19-12(6)16-5-15-9-7(2)13-4-14-11(9)16;1-5-7-10(13-3-12-5)15(4-14-7)11-9(18)8(17)6(16)2-19-11;11-8-5-9(13-2-12-8)15(3-14-5)10-7(18)6(17)4(16)1-19-10/h6-10,14H,5H2,1-4H3;5-7,9,11,13,18H,4H2,1-3H3;4-6,8,10,12,17-18H,3H2,1-2H3;3-4,6,8-9,11,16-18H,2H2,1H3;2-4,6-7,10,16-18H,1H2,(H2,11,12,13)/i;3TD;;;. The molecule has 11 N–H and O–H groups in total. The molecule has 0 aliphatic carbocycles. The highest BCUT2D eigenvalue weighted by atomic mass is 16.6. The van der Waals surface area contributed by atoms with Crippen molar-refractivity contribution in [2.24, 2.45) is 29.6 Å². The number of nitrogen functional groups attached to an aromatic ring is 1. The fraction of sp³-hybridized carbons (Fsp3) is 0.583. The van der Waals surface area contributed by atoms with Crippen molar-refractivity contribution in [1.29, 1.82) is 0 Å². The summed E-state index contributed by atoms with van der Waals surface area (Å²) in [6.07, 6.45) is 2.03. The molecule has 5 saturated heterocycles. The summed E-state index contributed by atoms with van der Waals surface area (Å²) in [6, 6.07) is 0. The summed E-state index contributed by atoms with van der Waals surface area (Å²) in [6.45, 7) is 18.8. The van der Waals surface area contributed by atoms with E-state index in [1.54, 1.807) is 35.0 Å². The second-order valence-electron chi connectivity index (χ2n) is 24.6. The molecule has 10 aromatic heterocycles. The van der Waals surface area contributed by atoms with Gasteiger partial charge >= 0.3 is 0 Å². The van der Waals surface area contributed by atoms with Crippen molar-refractivity contribution in [3.63, 3.8) is 0 Å². The normalized spacial score (nSPS) is 32.2. The molecule has 36 nitrogen and oxygen atoms in total. The van der Waals surface area contributed by atoms with Gasteiger partial charge in [-0.2, -0.15) is 0 Å². The number of ether oxygens (including phenoxy) is 6. The van der Waals surface area contributed by atoms with Gasteiger partial charge in [0.05, 0.1) is 102 Å². The highest BCUT2D eigenvalue weighted by Crippen LogP contribution is 2.39. The van der Waals surface area contributed by atoms with E-state index in [1.807, 2.05) is 40.9 Å². The lowest BCUT2D eigenvalue weighted by Gasteiger charge is -2.38. The van der Waals surface area contributed by atoms with Crippen LogP contribution in [0.1, 0.15) is 91.3 Å². The highest BCUT2D eigenvalue weighted by molar-refractivity contribution is 5.81. The number of aliphatic hydroxyl groups excluding tert-OH is 9. The summed E-state index contributed by atoms with van der Waals surface area (Å²) >= 11 is 0. The molecule has 5 aliphatic heterocycles. The maximum atomic E-state index is 10.5. The van der Waals surface area contributed by atoms with Gasteiger partial charge in [0.1, 0.15) is 121 Å². The Morgan fingerprint density at radius 2 is 0.708 bits per heavy atom. The first-order chi connectivity index (χ1) is 46.9. The molecular weight excluding hydrogens is 1250 g/mol. The number of methoxy groups -OCH3 is 1. The van der Waals surface area contributed by atoms with Gasteiger partial charge < -0.3 is 80.1 Å². The Morgan fingerprint density at radius 3 is 1.12 bits per heavy atom. The van der Waals surface area contributed by atoms with Gasteiger partial charge in [-0.15, -0.1) is 0 Å². The maximum absolute atomic E-state index is 10.5. The van der Waals surface area contributed by atoms with Crippen molar-refractivity contribution in [3.05, 3.63) is 86.0 Å². The number of nitrogens with two attached hydrogens (primary N) is 1. The van der Waals surface area contributed by atoms with E-state index in [2.05, 4.69) is 100 Å². The van der Waals surface area contributed by atoms with Crippen molar-refractivity contribution in [3.8, 4) is 0 Å². The van der Waals surface area contributed by atoms with Crippen molar-refractivity contribution in [2.75, 3.05) is 45.8 Å². The van der Waals surface area contributed by atoms with E-state index in [1.165, 1.54) is 47.1 Å². The van der Waals surface area contributed by atoms with E-state index in [0.29, 0.717) is 56.9 Å². The van der Waals surface area contributed by atoms with Crippen LogP contribution in [0.25, 0.3) is 55.8 Å². The van der Waals surface area contributed by atoms with Gasteiger partial charge in [-0.05, 0) is 39.5 Å². The van der Waals surface area contributed by atoms with Crippen LogP contribution in [-0.4, -0.2) is 245 Å². The second kappa shape index (κ2) is 29.3. The predicted molar refractivity (Wildman–Crippen MR) is 336 cm³/mol. The molecule has 0 aromatic carbocycles. The van der Waals surface area contributed by atoms with E-state index in [0.717, 1.165) is 46.1 Å². The molecule has 5 aliphatic rings. The van der Waals surface area contributed by atoms with Crippen LogP contribution in [0.2, 0.25) is 0 Å². The molecular formula is C60H81N21O15. The number of hydrogen-bond acceptors (Lipinski definition) is 31. The number of aliphatic hydroxyl groups is 9. The van der Waals surface area contributed by atoms with Crippen LogP contribution in [0.3, 0.4) is 0 Å². The molecule has 0 spiro atoms. The van der Waals surface area contributed by atoms with Crippen LogP contribution < -0.4 is 5.73 Å². The van der Waals surface area contributed by atoms with Gasteiger partial charge in [0.2, 0.25) is 0 Å². The number of aromatic nitrogens is 20. The number of nitrogens with zero attached hydrogens (tertiary/aromatic N) is 20. The first-order valence-corrected chi connectivity index (χ1v) is 31.1. The highest BCUT2D eigenvalue weighted by Gasteiger charge is 2.43. The average Bonchev–Trinajstić information content (AvgIpc) is 1.63. The van der Waals surface area contributed by atoms with Crippen molar-refractivity contribution in [1.82, 2.24) is 97.6 Å². The minimum atomic E-state index is -1.40. The number of rotatable bonds is 6. The number of fused-ring (bicyclic) bond motifs is 5. The molecule has 15 rings (SSSR count). The third-order valence-electron chi connectivity index (χ3n) is 18.4. The lowest BCUT2D eigenvalue weighted by atomic mass is 9.82. The summed E-state index contributed by atoms with van der Waals surface area (Å²) in [7, 11) is -1.40. The van der Waals surface area contributed by atoms with Gasteiger partial charge in [0, 0.05) is 24.8 Å². The van der Waals surface area contributed by atoms with Crippen molar-refractivity contribution >= 4 is 61.6 Å². The van der Waals surface area contributed by atoms with Crippen molar-refractivity contribution in [2.45, 2.75) is 154 Å². The Labute approximate surface area is 550 Å². The molecule has 21 atom stereocenters. The average molecular weight is 1340 g/mol. The summed E-state index contributed by atoms with van der Waals surface area (Å²) in [5, 5.41) is 88.2. The smallest absolute Gasteiger partial charge is 0.167 e. The fourth-order valence-corrected chi connectivity index (χ4v) is 12.0. The Bertz CT molecular complexity index is 3900. The zero-order valence-corrected chi connectivity index (χ0v) is 53.9. The van der Waals surface area contributed by atoms with Crippen LogP contribution >= 0.6 is 0 Å². The summed E-state index contributed by atoms with van der Waals surface area (Å²) < 4.78 is 56.0. The molecule has 0 amide bonds. The third kappa shape index (κ3) is 13.6. The SMILES string of the molecule is Cc1ncnc2c1ncn2C1OCC(C)C(C)C1C.Cc1ncnc2c1ncn2C1OCC(O)C(O)C1C.Cc1ncnc2c1ncn2C1OCC(O)C(O)C1O.Nc1ncnc2c1ncn2C1OCC(O)C(O)C1O.[2H]C([3H])OC1COC(n2cnc3c(C)ncnc32)C(O)C1C. The van der Waals surface area contributed by atoms with E-state index in [-0.39, 0.29) is 50.3 Å². The topological polar surface area (TPSA) is 481 Å². The fourth-order valence-electron chi connectivity index (χ4n) is 12.0. The molecule has 0 bridgehead atoms. The van der Waals surface area contributed by atoms with Crippen LogP contribution in [0.4, 0.5) is 5.82 Å². The van der Waals surface area contributed by atoms with Gasteiger partial charge in [0.25, 0.3) is 0 Å². The van der Waals surface area contributed by atoms with Gasteiger partial charge in [-0.1, -0.05) is 34.6 Å². The molecule has 0 radical (unpaired) electrons. The van der Waals surface area contributed by atoms with Crippen molar-refractivity contribution < 1.29 is 77.1 Å². The lowest BCUT2D eigenvalue weighted by Crippen LogP contribution is -2.50. The molecule has 516 valence electrons. The quantitative estimate of drug-likeness (QED) is 0.105. The molecule has 15 heterocycles. The van der Waals surface area contributed by atoms with Gasteiger partial charge in [0.15, 0.2) is 52.7 Å². The Hall–Kier alpha value is -8.05. The first-order valence-electron chi connectivity index (χ1n) is 32.2. The maximum Gasteiger partial charge on any atom is 0.167 e. The molecule has 36 heteroatoms. The summed E-state index contributed by atoms with van der Waals surface area (Å²) in [5.74, 6) is 1.34. The number of hydrogen-bond donors (Lipinski definition) is 10. The Kier molecular flexibility index (Phi) is 20.3. The van der Waals surface area contributed by atoms with Crippen LogP contribution in [0.5, 0.6) is 0 Å². The predicted octanol–water partition coefficient (Wildman–Crippen LogP) is 0.0350. The van der Waals surface area contributed by atoms with Crippen LogP contribution in [0, 0.1) is 57.3 Å². The molecule has 5 fully saturated rings.